The van der Waals surface area contributed by atoms with Crippen LogP contribution in [0, 0.1) is 34.2 Å². The quantitative estimate of drug-likeness (QED) is 0.0401. The molecule has 84 heavy (non-hydrogen) atoms. The van der Waals surface area contributed by atoms with Gasteiger partial charge in [-0.1, -0.05) is 68.8 Å². The molecule has 10 rings (SSSR count). The second-order valence-electron chi connectivity index (χ2n) is 23.2. The number of amides is 3. The summed E-state index contributed by atoms with van der Waals surface area (Å²) >= 11 is 6.96. The van der Waals surface area contributed by atoms with Crippen molar-refractivity contribution in [3.63, 3.8) is 0 Å². The molecule has 6 heterocycles. The summed E-state index contributed by atoms with van der Waals surface area (Å²) in [5, 5.41) is 29.7. The zero-order valence-corrected chi connectivity index (χ0v) is 48.3. The molecule has 446 valence electrons. The molecule has 3 amide bonds. The lowest BCUT2D eigenvalue weighted by Gasteiger charge is -2.35. The number of carbonyl (C=O) groups excluding carboxylic acids is 3. The molecule has 2 bridgehead atoms. The lowest BCUT2D eigenvalue weighted by Crippen LogP contribution is -2.58. The number of fused-ring (bicyclic) bond motifs is 4. The van der Waals surface area contributed by atoms with Gasteiger partial charge < -0.3 is 46.1 Å². The number of nitrogens with one attached hydrogen (secondary N) is 3. The molecule has 0 aliphatic carbocycles. The van der Waals surface area contributed by atoms with Crippen LogP contribution in [0.25, 0.3) is 43.2 Å². The summed E-state index contributed by atoms with van der Waals surface area (Å²) in [4.78, 5) is 55.9. The summed E-state index contributed by atoms with van der Waals surface area (Å²) in [7, 11) is 0. The first-order valence-electron chi connectivity index (χ1n) is 28.1. The van der Waals surface area contributed by atoms with Crippen molar-refractivity contribution in [2.45, 2.75) is 121 Å². The van der Waals surface area contributed by atoms with Crippen LogP contribution in [0.15, 0.2) is 60.7 Å². The number of β-amino-alcohol motifs (C(OH)–C–C–N with tert-alkyl or cyclic N) is 1. The zero-order valence-electron chi connectivity index (χ0n) is 46.7. The number of aromatic nitrogens is 2. The predicted molar refractivity (Wildman–Crippen MR) is 308 cm³/mol. The highest BCUT2D eigenvalue weighted by atomic mass is 35.5. The van der Waals surface area contributed by atoms with Gasteiger partial charge in [-0.05, 0) is 91.9 Å². The van der Waals surface area contributed by atoms with Crippen molar-refractivity contribution in [1.29, 1.82) is 5.26 Å². The van der Waals surface area contributed by atoms with Gasteiger partial charge in [-0.25, -0.2) is 13.2 Å². The summed E-state index contributed by atoms with van der Waals surface area (Å²) < 4.78 is 105. The van der Waals surface area contributed by atoms with Gasteiger partial charge in [-0.15, -0.1) is 11.3 Å². The normalized spacial score (nSPS) is 20.8. The van der Waals surface area contributed by atoms with Crippen LogP contribution in [-0.4, -0.2) is 131 Å². The van der Waals surface area contributed by atoms with E-state index in [1.54, 1.807) is 58.0 Å². The number of nitrogens with zero attached hydrogens (tertiary/aromatic N) is 6. The topological polar surface area (TPSA) is 211 Å². The summed E-state index contributed by atoms with van der Waals surface area (Å²) in [6.45, 7) is 9.58. The van der Waals surface area contributed by atoms with Gasteiger partial charge in [0, 0.05) is 85.7 Å². The van der Waals surface area contributed by atoms with E-state index in [1.165, 1.54) is 17.0 Å². The van der Waals surface area contributed by atoms with Crippen molar-refractivity contribution in [2.75, 3.05) is 63.2 Å². The first-order valence-corrected chi connectivity index (χ1v) is 29.3. The Balaban J connectivity index is 0.754. The Morgan fingerprint density at radius 1 is 0.964 bits per heavy atom. The number of piperazine rings is 1. The third-order valence-electron chi connectivity index (χ3n) is 16.3. The number of aliphatic hydroxyl groups excluding tert-OH is 1. The van der Waals surface area contributed by atoms with E-state index in [0.29, 0.717) is 49.6 Å². The molecule has 4 saturated heterocycles. The van der Waals surface area contributed by atoms with Crippen LogP contribution in [0.1, 0.15) is 95.4 Å². The maximum atomic E-state index is 17.4. The van der Waals surface area contributed by atoms with Gasteiger partial charge in [0.1, 0.15) is 52.7 Å². The fourth-order valence-corrected chi connectivity index (χ4v) is 13.3. The zero-order chi connectivity index (χ0) is 59.9. The van der Waals surface area contributed by atoms with E-state index in [4.69, 9.17) is 26.8 Å². The Morgan fingerprint density at radius 2 is 1.70 bits per heavy atom. The molecule has 0 radical (unpaired) electrons. The number of alkyl halides is 3. The number of nitrogens with two attached hydrogens (primary N) is 1. The van der Waals surface area contributed by atoms with Gasteiger partial charge >= 0.3 is 12.2 Å². The highest BCUT2D eigenvalue weighted by Crippen LogP contribution is 2.48. The second kappa shape index (κ2) is 24.7. The molecule has 16 nitrogen and oxygen atoms in total. The molecule has 2 aromatic heterocycles. The van der Waals surface area contributed by atoms with Crippen molar-refractivity contribution < 1.29 is 55.3 Å². The summed E-state index contributed by atoms with van der Waals surface area (Å²) in [5.74, 6) is -3.97. The largest absolute Gasteiger partial charge is 0.462 e. The Kier molecular flexibility index (Phi) is 17.7. The number of anilines is 2. The summed E-state index contributed by atoms with van der Waals surface area (Å²) in [6.07, 6.45) is -2.30. The van der Waals surface area contributed by atoms with Crippen molar-refractivity contribution in [3.05, 3.63) is 99.8 Å². The number of carbonyl (C=O) groups is 3. The third kappa shape index (κ3) is 12.6. The summed E-state index contributed by atoms with van der Waals surface area (Å²) in [5.41, 5.74) is 3.49. The van der Waals surface area contributed by atoms with E-state index in [1.807, 2.05) is 11.0 Å². The molecule has 4 aliphatic rings. The second-order valence-corrected chi connectivity index (χ2v) is 24.7. The number of benzene rings is 4. The minimum absolute atomic E-state index is 0.000126. The van der Waals surface area contributed by atoms with E-state index in [-0.39, 0.29) is 105 Å². The molecule has 24 heteroatoms. The molecule has 4 aromatic carbocycles. The summed E-state index contributed by atoms with van der Waals surface area (Å²) in [6, 6.07) is 13.1. The van der Waals surface area contributed by atoms with Crippen LogP contribution >= 0.6 is 22.9 Å². The van der Waals surface area contributed by atoms with E-state index >= 15 is 22.0 Å². The minimum Gasteiger partial charge on any atom is -0.462 e. The van der Waals surface area contributed by atoms with Gasteiger partial charge in [-0.3, -0.25) is 19.3 Å². The standard InChI is InChI=1S/C60H65ClF6N10O6S/c1-31(32-11-13-33(14-12-32)47-42(61)9-5-10-43(47)62)70-56(80)45-24-37(78)29-77(45)57(81)53(59(2,3)4)72-46(79)19-23-82-22-7-21-75-20-6-8-36(75)30-83-58-73-51-39(55(74-58)76-27-34-15-16-35(28-76)71-34)25-41(60(65,66)67)49(50(51)64)38-17-18-44(63)52-48(38)40(26-68)54(69)84-52/h5,9-14,17-18,25,31,34-37,45,53,71,78H,6-8,15-16,19-24,27-30,69H2,1-4H3,(H,70,80)(H,72,79)/t31-,34?,35?,36?,37+,45-,53+/m0/s1. The van der Waals surface area contributed by atoms with Gasteiger partial charge in [0.25, 0.3) is 0 Å². The first-order chi connectivity index (χ1) is 40.0. The molecule has 3 unspecified atom stereocenters. The average molecular weight is 1200 g/mol. The van der Waals surface area contributed by atoms with E-state index in [9.17, 15) is 29.1 Å². The monoisotopic (exact) mass is 1200 g/mol. The number of thiophene rings is 1. The van der Waals surface area contributed by atoms with E-state index < -0.39 is 87.6 Å². The molecule has 6 aromatic rings. The number of likely N-dealkylation sites (tertiary alicyclic amines) is 2. The van der Waals surface area contributed by atoms with Crippen LogP contribution in [-0.2, 0) is 25.3 Å². The molecule has 4 fully saturated rings. The van der Waals surface area contributed by atoms with Gasteiger partial charge in [0.05, 0.1) is 39.6 Å². The Bertz CT molecular complexity index is 3490. The van der Waals surface area contributed by atoms with Gasteiger partial charge in [0.15, 0.2) is 5.82 Å². The SMILES string of the molecule is C[C@H](NC(=O)[C@@H]1C[C@@H](O)CN1C(=O)[C@@H](NC(=O)CCOCCCN1CCCC1COc1nc(N2CC3CCC(C2)N3)c2cc(C(F)(F)F)c(-c3ccc(F)c4sc(N)c(C#N)c34)c(F)c2n1)C(C)(C)C)c1ccc(-c2c(F)cccc2Cl)cc1. The maximum Gasteiger partial charge on any atom is 0.417 e. The van der Waals surface area contributed by atoms with E-state index in [0.717, 1.165) is 56.0 Å². The number of halogens is 7. The van der Waals surface area contributed by atoms with Crippen LogP contribution in [0.5, 0.6) is 6.01 Å². The molecule has 0 saturated carbocycles. The lowest BCUT2D eigenvalue weighted by molar-refractivity contribution is -0.144. The number of nitrogen functional groups attached to an aromatic ring is 1. The number of hydrogen-bond donors (Lipinski definition) is 5. The first kappa shape index (κ1) is 60.3. The molecule has 7 atom stereocenters. The van der Waals surface area contributed by atoms with E-state index in [2.05, 4.69) is 30.8 Å². The predicted octanol–water partition coefficient (Wildman–Crippen LogP) is 9.67. The van der Waals surface area contributed by atoms with Crippen molar-refractivity contribution >= 4 is 72.5 Å². The van der Waals surface area contributed by atoms with Crippen LogP contribution in [0.4, 0.5) is 37.2 Å². The third-order valence-corrected chi connectivity index (χ3v) is 17.7. The van der Waals surface area contributed by atoms with Gasteiger partial charge in [0.2, 0.25) is 17.7 Å². The number of hydrogen-bond acceptors (Lipinski definition) is 14. The minimum atomic E-state index is -5.10. The van der Waals surface area contributed by atoms with Crippen LogP contribution in [0.3, 0.4) is 0 Å². The highest BCUT2D eigenvalue weighted by Gasteiger charge is 2.45. The van der Waals surface area contributed by atoms with Crippen molar-refractivity contribution in [2.24, 2.45) is 5.41 Å². The van der Waals surface area contributed by atoms with Crippen molar-refractivity contribution in [1.82, 2.24) is 35.7 Å². The average Bonchev–Trinajstić information content (AvgIpc) is 1.78. The van der Waals surface area contributed by atoms with Crippen LogP contribution in [0.2, 0.25) is 5.02 Å². The van der Waals surface area contributed by atoms with Gasteiger partial charge in [-0.2, -0.15) is 28.4 Å². The Morgan fingerprint density at radius 3 is 2.39 bits per heavy atom. The maximum absolute atomic E-state index is 17.4. The molecular formula is C60H65ClF6N10O6S. The van der Waals surface area contributed by atoms with Crippen LogP contribution < -0.4 is 31.3 Å². The Hall–Kier alpha value is -6.81. The molecular weight excluding hydrogens is 1140 g/mol. The number of nitriles is 1. The molecule has 6 N–H and O–H groups in total. The Labute approximate surface area is 490 Å². The number of ether oxygens (including phenoxy) is 2. The highest BCUT2D eigenvalue weighted by molar-refractivity contribution is 7.23. The lowest BCUT2D eigenvalue weighted by atomic mass is 9.85. The number of rotatable bonds is 18. The molecule has 4 aliphatic heterocycles. The van der Waals surface area contributed by atoms with Crippen molar-refractivity contribution in [3.8, 4) is 34.3 Å². The smallest absolute Gasteiger partial charge is 0.417 e. The number of aliphatic hydroxyl groups is 1. The fraction of sp³-hybridized carbons (Fsp3) is 0.467. The molecule has 0 spiro atoms. The fourth-order valence-electron chi connectivity index (χ4n) is 12.1.